The summed E-state index contributed by atoms with van der Waals surface area (Å²) in [5, 5.41) is 3.09. The maximum absolute atomic E-state index is 11.3. The zero-order chi connectivity index (χ0) is 13.7. The van der Waals surface area contributed by atoms with E-state index in [2.05, 4.69) is 10.3 Å². The Morgan fingerprint density at radius 3 is 2.95 bits per heavy atom. The normalized spacial score (nSPS) is 9.95. The molecule has 5 heteroatoms. The Bertz CT molecular complexity index is 584. The highest BCUT2D eigenvalue weighted by atomic mass is 16.5. The summed E-state index contributed by atoms with van der Waals surface area (Å²) >= 11 is 0. The first kappa shape index (κ1) is 12.9. The predicted octanol–water partition coefficient (Wildman–Crippen LogP) is 1.80. The zero-order valence-corrected chi connectivity index (χ0v) is 10.6. The highest BCUT2D eigenvalue weighted by molar-refractivity contribution is 5.97. The van der Waals surface area contributed by atoms with Crippen LogP contribution in [0.4, 0.5) is 5.82 Å². The molecule has 0 atom stereocenters. The lowest BCUT2D eigenvalue weighted by Gasteiger charge is -2.09. The number of primary amides is 1. The van der Waals surface area contributed by atoms with E-state index in [-0.39, 0.29) is 0 Å². The Morgan fingerprint density at radius 1 is 1.37 bits per heavy atom. The number of amides is 1. The molecule has 98 valence electrons. The van der Waals surface area contributed by atoms with E-state index in [1.165, 1.54) is 0 Å². The summed E-state index contributed by atoms with van der Waals surface area (Å²) in [7, 11) is 1.62. The number of methoxy groups -OCH3 is 1. The van der Waals surface area contributed by atoms with Crippen molar-refractivity contribution >= 4 is 11.7 Å². The van der Waals surface area contributed by atoms with Crippen molar-refractivity contribution < 1.29 is 9.53 Å². The number of hydrogen-bond donors (Lipinski definition) is 2. The molecule has 0 bridgehead atoms. The van der Waals surface area contributed by atoms with E-state index in [1.54, 1.807) is 25.4 Å². The van der Waals surface area contributed by atoms with Crippen LogP contribution in [-0.2, 0) is 6.54 Å². The minimum Gasteiger partial charge on any atom is -0.497 e. The van der Waals surface area contributed by atoms with Crippen molar-refractivity contribution in [2.75, 3.05) is 12.4 Å². The van der Waals surface area contributed by atoms with Gasteiger partial charge >= 0.3 is 0 Å². The van der Waals surface area contributed by atoms with Crippen molar-refractivity contribution in [3.63, 3.8) is 0 Å². The van der Waals surface area contributed by atoms with Crippen LogP contribution in [0.15, 0.2) is 42.6 Å². The molecule has 0 fully saturated rings. The van der Waals surface area contributed by atoms with Crippen molar-refractivity contribution in [2.45, 2.75) is 6.54 Å². The number of pyridine rings is 1. The van der Waals surface area contributed by atoms with E-state index in [0.29, 0.717) is 17.9 Å². The number of nitrogens with zero attached hydrogens (tertiary/aromatic N) is 1. The summed E-state index contributed by atoms with van der Waals surface area (Å²) < 4.78 is 5.15. The summed E-state index contributed by atoms with van der Waals surface area (Å²) in [5.41, 5.74) is 6.70. The van der Waals surface area contributed by atoms with Gasteiger partial charge in [0.25, 0.3) is 5.91 Å². The van der Waals surface area contributed by atoms with Gasteiger partial charge in [0, 0.05) is 12.7 Å². The summed E-state index contributed by atoms with van der Waals surface area (Å²) in [6.45, 7) is 0.536. The number of carbonyl (C=O) groups is 1. The molecule has 2 aromatic rings. The summed E-state index contributed by atoms with van der Waals surface area (Å²) in [6.07, 6.45) is 1.61. The highest BCUT2D eigenvalue weighted by Crippen LogP contribution is 2.15. The first-order chi connectivity index (χ1) is 9.20. The molecule has 0 unspecified atom stereocenters. The van der Waals surface area contributed by atoms with E-state index in [1.807, 2.05) is 24.3 Å². The number of hydrogen-bond acceptors (Lipinski definition) is 4. The highest BCUT2D eigenvalue weighted by Gasteiger charge is 2.08. The Labute approximate surface area is 111 Å². The lowest BCUT2D eigenvalue weighted by atomic mass is 10.2. The van der Waals surface area contributed by atoms with Crippen molar-refractivity contribution in [3.8, 4) is 5.75 Å². The van der Waals surface area contributed by atoms with Gasteiger partial charge in [0.05, 0.1) is 12.7 Å². The van der Waals surface area contributed by atoms with Crippen molar-refractivity contribution in [2.24, 2.45) is 5.73 Å². The fraction of sp³-hybridized carbons (Fsp3) is 0.143. The van der Waals surface area contributed by atoms with Gasteiger partial charge in [0.1, 0.15) is 11.6 Å². The third kappa shape index (κ3) is 3.22. The number of ether oxygens (including phenoxy) is 1. The number of nitrogens with two attached hydrogens (primary N) is 1. The minimum atomic E-state index is -0.499. The lowest BCUT2D eigenvalue weighted by Crippen LogP contribution is -2.15. The van der Waals surface area contributed by atoms with Crippen LogP contribution in [0.2, 0.25) is 0 Å². The average Bonchev–Trinajstić information content (AvgIpc) is 2.45. The van der Waals surface area contributed by atoms with Crippen molar-refractivity contribution in [3.05, 3.63) is 53.7 Å². The third-order valence-electron chi connectivity index (χ3n) is 2.67. The smallest absolute Gasteiger partial charge is 0.252 e. The molecule has 5 nitrogen and oxygen atoms in total. The van der Waals surface area contributed by atoms with Gasteiger partial charge in [-0.2, -0.15) is 0 Å². The number of nitrogens with one attached hydrogen (secondary N) is 1. The first-order valence-corrected chi connectivity index (χ1v) is 5.82. The maximum Gasteiger partial charge on any atom is 0.252 e. The van der Waals surface area contributed by atoms with Gasteiger partial charge in [0.15, 0.2) is 0 Å². The van der Waals surface area contributed by atoms with Crippen LogP contribution in [0.1, 0.15) is 15.9 Å². The SMILES string of the molecule is COc1cccc(CNc2ncccc2C(N)=O)c1. The maximum atomic E-state index is 11.3. The van der Waals surface area contributed by atoms with Crippen LogP contribution >= 0.6 is 0 Å². The summed E-state index contributed by atoms with van der Waals surface area (Å²) in [6, 6.07) is 11.0. The van der Waals surface area contributed by atoms with E-state index >= 15 is 0 Å². The second kappa shape index (κ2) is 5.86. The molecule has 0 radical (unpaired) electrons. The van der Waals surface area contributed by atoms with Gasteiger partial charge in [-0.25, -0.2) is 4.98 Å². The molecule has 0 aliphatic carbocycles. The largest absolute Gasteiger partial charge is 0.497 e. The minimum absolute atomic E-state index is 0.380. The topological polar surface area (TPSA) is 77.2 Å². The van der Waals surface area contributed by atoms with Crippen LogP contribution < -0.4 is 15.8 Å². The zero-order valence-electron chi connectivity index (χ0n) is 10.6. The molecule has 0 saturated heterocycles. The average molecular weight is 257 g/mol. The van der Waals surface area contributed by atoms with Crippen molar-refractivity contribution in [1.29, 1.82) is 0 Å². The third-order valence-corrected chi connectivity index (χ3v) is 2.67. The molecule has 0 spiro atoms. The number of aromatic nitrogens is 1. The van der Waals surface area contributed by atoms with Crippen LogP contribution in [0.3, 0.4) is 0 Å². The fourth-order valence-corrected chi connectivity index (χ4v) is 1.71. The van der Waals surface area contributed by atoms with Gasteiger partial charge < -0.3 is 15.8 Å². The predicted molar refractivity (Wildman–Crippen MR) is 73.1 cm³/mol. The second-order valence-corrected chi connectivity index (χ2v) is 3.97. The Kier molecular flexibility index (Phi) is 3.97. The van der Waals surface area contributed by atoms with Crippen molar-refractivity contribution in [1.82, 2.24) is 4.98 Å². The first-order valence-electron chi connectivity index (χ1n) is 5.82. The fourth-order valence-electron chi connectivity index (χ4n) is 1.71. The molecule has 1 heterocycles. The number of benzene rings is 1. The molecule has 19 heavy (non-hydrogen) atoms. The Balaban J connectivity index is 2.12. The van der Waals surface area contributed by atoms with Gasteiger partial charge in [-0.3, -0.25) is 4.79 Å². The van der Waals surface area contributed by atoms with E-state index in [9.17, 15) is 4.79 Å². The van der Waals surface area contributed by atoms with Crippen LogP contribution in [0.25, 0.3) is 0 Å². The molecule has 0 aliphatic heterocycles. The monoisotopic (exact) mass is 257 g/mol. The molecule has 1 amide bonds. The van der Waals surface area contributed by atoms with E-state index in [0.717, 1.165) is 11.3 Å². The molecular weight excluding hydrogens is 242 g/mol. The molecule has 2 rings (SSSR count). The lowest BCUT2D eigenvalue weighted by molar-refractivity contribution is 0.100. The van der Waals surface area contributed by atoms with Gasteiger partial charge in [-0.05, 0) is 29.8 Å². The quantitative estimate of drug-likeness (QED) is 0.856. The molecule has 3 N–H and O–H groups in total. The molecule has 0 saturated carbocycles. The molecule has 1 aromatic carbocycles. The van der Waals surface area contributed by atoms with Gasteiger partial charge in [-0.15, -0.1) is 0 Å². The molecule has 0 aliphatic rings. The van der Waals surface area contributed by atoms with Gasteiger partial charge in [-0.1, -0.05) is 12.1 Å². The Hall–Kier alpha value is -2.56. The Morgan fingerprint density at radius 2 is 2.21 bits per heavy atom. The van der Waals surface area contributed by atoms with Crippen LogP contribution in [0.5, 0.6) is 5.75 Å². The van der Waals surface area contributed by atoms with Gasteiger partial charge in [0.2, 0.25) is 0 Å². The molecular formula is C14H15N3O2. The van der Waals surface area contributed by atoms with Crippen LogP contribution in [-0.4, -0.2) is 18.0 Å². The standard InChI is InChI=1S/C14H15N3O2/c1-19-11-5-2-4-10(8-11)9-17-14-12(13(15)18)6-3-7-16-14/h2-8H,9H2,1H3,(H2,15,18)(H,16,17). The molecule has 1 aromatic heterocycles. The number of rotatable bonds is 5. The summed E-state index contributed by atoms with van der Waals surface area (Å²) in [4.78, 5) is 15.4. The number of carbonyl (C=O) groups excluding carboxylic acids is 1. The second-order valence-electron chi connectivity index (χ2n) is 3.97. The van der Waals surface area contributed by atoms with E-state index in [4.69, 9.17) is 10.5 Å². The van der Waals surface area contributed by atoms with Crippen LogP contribution in [0, 0.1) is 0 Å². The summed E-state index contributed by atoms with van der Waals surface area (Å²) in [5.74, 6) is 0.773. The number of anilines is 1. The van der Waals surface area contributed by atoms with E-state index < -0.39 is 5.91 Å².